The zero-order valence-electron chi connectivity index (χ0n) is 10.4. The molecule has 0 aliphatic carbocycles. The molecule has 0 spiro atoms. The second-order valence-corrected chi connectivity index (χ2v) is 4.49. The van der Waals surface area contributed by atoms with E-state index in [1.165, 1.54) is 5.56 Å². The molecule has 0 radical (unpaired) electrons. The second kappa shape index (κ2) is 4.64. The van der Waals surface area contributed by atoms with Crippen molar-refractivity contribution < 1.29 is 0 Å². The number of hydrogen-bond donors (Lipinski definition) is 1. The van der Waals surface area contributed by atoms with Crippen molar-refractivity contribution in [1.29, 1.82) is 0 Å². The number of fused-ring (bicyclic) bond motifs is 1. The molecule has 4 nitrogen and oxygen atoms in total. The number of H-pyrrole nitrogens is 1. The fourth-order valence-electron chi connectivity index (χ4n) is 2.38. The topological polar surface area (TPSA) is 46.5 Å². The summed E-state index contributed by atoms with van der Waals surface area (Å²) in [5, 5.41) is 0. The molecule has 0 bridgehead atoms. The summed E-state index contributed by atoms with van der Waals surface area (Å²) in [5.41, 5.74) is 3.40. The number of hydrogen-bond acceptors (Lipinski definition) is 2. The van der Waals surface area contributed by atoms with Crippen LogP contribution in [0.15, 0.2) is 43.2 Å². The average Bonchev–Trinajstić information content (AvgIpc) is 3.05. The third kappa shape index (κ3) is 1.90. The van der Waals surface area contributed by atoms with E-state index < -0.39 is 0 Å². The Morgan fingerprint density at radius 2 is 2.33 bits per heavy atom. The van der Waals surface area contributed by atoms with Gasteiger partial charge in [-0.3, -0.25) is 0 Å². The highest BCUT2D eigenvalue weighted by Gasteiger charge is 2.13. The Kier molecular flexibility index (Phi) is 2.84. The van der Waals surface area contributed by atoms with Crippen molar-refractivity contribution >= 4 is 11.0 Å². The summed E-state index contributed by atoms with van der Waals surface area (Å²) < 4.78 is 2.17. The minimum atomic E-state index is 0.352. The summed E-state index contributed by atoms with van der Waals surface area (Å²) in [6.45, 7) is 2.21. The fraction of sp³-hybridized carbons (Fsp3) is 0.286. The molecule has 0 aliphatic rings. The Morgan fingerprint density at radius 1 is 1.39 bits per heavy atom. The van der Waals surface area contributed by atoms with E-state index in [4.69, 9.17) is 0 Å². The molecule has 4 heteroatoms. The SMILES string of the molecule is CCCC(c1ccc2nc[nH]c2c1)n1ccnc1. The minimum Gasteiger partial charge on any atom is -0.345 e. The highest BCUT2D eigenvalue weighted by Crippen LogP contribution is 2.25. The lowest BCUT2D eigenvalue weighted by Gasteiger charge is -2.18. The molecular formula is C14H16N4. The van der Waals surface area contributed by atoms with Crippen molar-refractivity contribution in [2.45, 2.75) is 25.8 Å². The zero-order valence-corrected chi connectivity index (χ0v) is 10.4. The first-order chi connectivity index (χ1) is 8.88. The zero-order chi connectivity index (χ0) is 12.4. The molecule has 92 valence electrons. The van der Waals surface area contributed by atoms with Crippen LogP contribution < -0.4 is 0 Å². The van der Waals surface area contributed by atoms with Crippen molar-refractivity contribution in [1.82, 2.24) is 19.5 Å². The predicted molar refractivity (Wildman–Crippen MR) is 71.4 cm³/mol. The molecule has 0 aliphatic heterocycles. The Labute approximate surface area is 106 Å². The Bertz CT molecular complexity index is 624. The molecule has 18 heavy (non-hydrogen) atoms. The standard InChI is InChI=1S/C14H16N4/c1-2-3-14(18-7-6-15-10-18)11-4-5-12-13(8-11)17-9-16-12/h4-10,14H,2-3H2,1H3,(H,16,17). The van der Waals surface area contributed by atoms with Gasteiger partial charge in [0.1, 0.15) is 0 Å². The first-order valence-electron chi connectivity index (χ1n) is 6.29. The lowest BCUT2D eigenvalue weighted by molar-refractivity contribution is 0.533. The highest BCUT2D eigenvalue weighted by atomic mass is 15.0. The molecule has 0 saturated heterocycles. The van der Waals surface area contributed by atoms with E-state index in [-0.39, 0.29) is 0 Å². The largest absolute Gasteiger partial charge is 0.345 e. The quantitative estimate of drug-likeness (QED) is 0.761. The van der Waals surface area contributed by atoms with Crippen LogP contribution in [0, 0.1) is 0 Å². The lowest BCUT2D eigenvalue weighted by Crippen LogP contribution is -2.08. The molecule has 0 fully saturated rings. The van der Waals surface area contributed by atoms with Gasteiger partial charge in [0.25, 0.3) is 0 Å². The van der Waals surface area contributed by atoms with Crippen molar-refractivity contribution in [2.24, 2.45) is 0 Å². The summed E-state index contributed by atoms with van der Waals surface area (Å²) in [5.74, 6) is 0. The van der Waals surface area contributed by atoms with Gasteiger partial charge in [0, 0.05) is 12.4 Å². The molecule has 0 saturated carbocycles. The summed E-state index contributed by atoms with van der Waals surface area (Å²) in [4.78, 5) is 11.6. The Morgan fingerprint density at radius 3 is 3.11 bits per heavy atom. The number of nitrogens with zero attached hydrogens (tertiary/aromatic N) is 3. The van der Waals surface area contributed by atoms with Crippen LogP contribution in [0.5, 0.6) is 0 Å². The third-order valence-corrected chi connectivity index (χ3v) is 3.28. The van der Waals surface area contributed by atoms with Crippen LogP contribution >= 0.6 is 0 Å². The van der Waals surface area contributed by atoms with Gasteiger partial charge in [-0.1, -0.05) is 19.4 Å². The van der Waals surface area contributed by atoms with Crippen LogP contribution in [-0.2, 0) is 0 Å². The van der Waals surface area contributed by atoms with E-state index in [2.05, 4.69) is 44.6 Å². The van der Waals surface area contributed by atoms with Crippen LogP contribution in [0.25, 0.3) is 11.0 Å². The van der Waals surface area contributed by atoms with Crippen LogP contribution in [-0.4, -0.2) is 19.5 Å². The third-order valence-electron chi connectivity index (χ3n) is 3.28. The maximum atomic E-state index is 4.25. The number of imidazole rings is 2. The molecule has 3 rings (SSSR count). The summed E-state index contributed by atoms with van der Waals surface area (Å²) in [7, 11) is 0. The minimum absolute atomic E-state index is 0.352. The second-order valence-electron chi connectivity index (χ2n) is 4.49. The first-order valence-corrected chi connectivity index (χ1v) is 6.29. The average molecular weight is 240 g/mol. The number of aromatic nitrogens is 4. The molecule has 1 N–H and O–H groups in total. The van der Waals surface area contributed by atoms with Gasteiger partial charge in [0.2, 0.25) is 0 Å². The normalized spacial score (nSPS) is 12.9. The van der Waals surface area contributed by atoms with Crippen LogP contribution in [0.3, 0.4) is 0 Å². The summed E-state index contributed by atoms with van der Waals surface area (Å²) in [6.07, 6.45) is 9.73. The van der Waals surface area contributed by atoms with Gasteiger partial charge in [0.15, 0.2) is 0 Å². The molecular weight excluding hydrogens is 224 g/mol. The Hall–Kier alpha value is -2.10. The van der Waals surface area contributed by atoms with Crippen molar-refractivity contribution in [3.63, 3.8) is 0 Å². The van der Waals surface area contributed by atoms with E-state index in [0.717, 1.165) is 23.9 Å². The number of benzene rings is 1. The molecule has 1 atom stereocenters. The predicted octanol–water partition coefficient (Wildman–Crippen LogP) is 3.15. The number of rotatable bonds is 4. The van der Waals surface area contributed by atoms with Crippen molar-refractivity contribution in [3.8, 4) is 0 Å². The smallest absolute Gasteiger partial charge is 0.0951 e. The highest BCUT2D eigenvalue weighted by molar-refractivity contribution is 5.75. The van der Waals surface area contributed by atoms with E-state index in [1.54, 1.807) is 6.33 Å². The summed E-state index contributed by atoms with van der Waals surface area (Å²) in [6, 6.07) is 6.76. The molecule has 0 amide bonds. The summed E-state index contributed by atoms with van der Waals surface area (Å²) >= 11 is 0. The van der Waals surface area contributed by atoms with Crippen LogP contribution in [0.1, 0.15) is 31.4 Å². The van der Waals surface area contributed by atoms with Crippen LogP contribution in [0.4, 0.5) is 0 Å². The maximum Gasteiger partial charge on any atom is 0.0951 e. The van der Waals surface area contributed by atoms with Gasteiger partial charge in [-0.15, -0.1) is 0 Å². The van der Waals surface area contributed by atoms with Crippen molar-refractivity contribution in [3.05, 3.63) is 48.8 Å². The fourth-order valence-corrected chi connectivity index (χ4v) is 2.38. The molecule has 1 unspecified atom stereocenters. The van der Waals surface area contributed by atoms with E-state index >= 15 is 0 Å². The van der Waals surface area contributed by atoms with Gasteiger partial charge in [-0.05, 0) is 24.1 Å². The Balaban J connectivity index is 2.03. The molecule has 2 heterocycles. The van der Waals surface area contributed by atoms with Crippen molar-refractivity contribution in [2.75, 3.05) is 0 Å². The number of aromatic amines is 1. The maximum absolute atomic E-state index is 4.25. The molecule has 1 aromatic carbocycles. The van der Waals surface area contributed by atoms with Gasteiger partial charge in [-0.2, -0.15) is 0 Å². The number of nitrogens with one attached hydrogen (secondary N) is 1. The van der Waals surface area contributed by atoms with Gasteiger partial charge in [0.05, 0.1) is 29.7 Å². The molecule has 2 aromatic heterocycles. The van der Waals surface area contributed by atoms with E-state index in [1.807, 2.05) is 18.7 Å². The van der Waals surface area contributed by atoms with Crippen LogP contribution in [0.2, 0.25) is 0 Å². The van der Waals surface area contributed by atoms with Gasteiger partial charge in [-0.25, -0.2) is 9.97 Å². The van der Waals surface area contributed by atoms with E-state index in [9.17, 15) is 0 Å². The van der Waals surface area contributed by atoms with Gasteiger partial charge < -0.3 is 9.55 Å². The molecule has 3 aromatic rings. The lowest BCUT2D eigenvalue weighted by atomic mass is 10.0. The van der Waals surface area contributed by atoms with Gasteiger partial charge >= 0.3 is 0 Å². The first kappa shape index (κ1) is 11.0. The van der Waals surface area contributed by atoms with E-state index in [0.29, 0.717) is 6.04 Å². The monoisotopic (exact) mass is 240 g/mol.